The molecule has 0 saturated carbocycles. The van der Waals surface area contributed by atoms with E-state index in [9.17, 15) is 0 Å². The van der Waals surface area contributed by atoms with Gasteiger partial charge in [0.25, 0.3) is 0 Å². The van der Waals surface area contributed by atoms with E-state index in [-0.39, 0.29) is 0 Å². The van der Waals surface area contributed by atoms with Crippen molar-refractivity contribution in [3.8, 4) is 0 Å². The summed E-state index contributed by atoms with van der Waals surface area (Å²) in [5.74, 6) is 4.59. The Morgan fingerprint density at radius 2 is 1.60 bits per heavy atom. The molecule has 10 heavy (non-hydrogen) atoms. The van der Waals surface area contributed by atoms with Gasteiger partial charge in [-0.1, -0.05) is 6.92 Å². The van der Waals surface area contributed by atoms with Crippen molar-refractivity contribution in [1.82, 2.24) is 0 Å². The van der Waals surface area contributed by atoms with Gasteiger partial charge in [-0.2, -0.15) is 23.5 Å². The fourth-order valence-electron chi connectivity index (χ4n) is 0.531. The minimum Gasteiger partial charge on any atom is -0.396 e. The number of aliphatic hydroxyl groups is 1. The molecule has 0 aromatic heterocycles. The minimum atomic E-state index is 0.323. The molecule has 0 aliphatic heterocycles. The Bertz CT molecular complexity index is 51.6. The first-order valence-corrected chi connectivity index (χ1v) is 5.99. The first-order valence-electron chi connectivity index (χ1n) is 3.68. The van der Waals surface area contributed by atoms with Crippen LogP contribution in [0.4, 0.5) is 0 Å². The molecule has 0 unspecified atom stereocenters. The second-order valence-electron chi connectivity index (χ2n) is 1.95. The van der Waals surface area contributed by atoms with Gasteiger partial charge in [-0.25, -0.2) is 0 Å². The second-order valence-corrected chi connectivity index (χ2v) is 4.40. The molecule has 3 heteroatoms. The van der Waals surface area contributed by atoms with Gasteiger partial charge in [-0.3, -0.25) is 0 Å². The zero-order chi connectivity index (χ0) is 7.66. The molecule has 0 aromatic rings. The van der Waals surface area contributed by atoms with Gasteiger partial charge in [0, 0.05) is 17.3 Å². The molecule has 1 nitrogen and oxygen atoms in total. The monoisotopic (exact) mass is 180 g/mol. The molecular weight excluding hydrogens is 164 g/mol. The van der Waals surface area contributed by atoms with Gasteiger partial charge in [-0.15, -0.1) is 0 Å². The van der Waals surface area contributed by atoms with Crippen LogP contribution >= 0.6 is 23.5 Å². The smallest absolute Gasteiger partial charge is 0.0521 e. The Morgan fingerprint density at radius 1 is 1.00 bits per heavy atom. The maximum atomic E-state index is 8.44. The molecule has 62 valence electrons. The normalized spacial score (nSPS) is 10.2. The Morgan fingerprint density at radius 3 is 2.10 bits per heavy atom. The molecule has 0 fully saturated rings. The SMILES string of the molecule is CCCSCCSCCO. The Balaban J connectivity index is 2.65. The third kappa shape index (κ3) is 8.66. The van der Waals surface area contributed by atoms with Crippen molar-refractivity contribution in [2.24, 2.45) is 0 Å². The number of aliphatic hydroxyl groups excluding tert-OH is 1. The van der Waals surface area contributed by atoms with Gasteiger partial charge in [-0.05, 0) is 12.2 Å². The highest BCUT2D eigenvalue weighted by atomic mass is 32.2. The van der Waals surface area contributed by atoms with E-state index in [1.165, 1.54) is 23.7 Å². The van der Waals surface area contributed by atoms with Crippen molar-refractivity contribution in [3.05, 3.63) is 0 Å². The van der Waals surface area contributed by atoms with Crippen molar-refractivity contribution in [3.63, 3.8) is 0 Å². The minimum absolute atomic E-state index is 0.323. The highest BCUT2D eigenvalue weighted by Gasteiger charge is 1.87. The van der Waals surface area contributed by atoms with Gasteiger partial charge in [0.1, 0.15) is 0 Å². The van der Waals surface area contributed by atoms with Crippen LogP contribution in [0.1, 0.15) is 13.3 Å². The van der Waals surface area contributed by atoms with Crippen LogP contribution in [0.2, 0.25) is 0 Å². The fourth-order valence-corrected chi connectivity index (χ4v) is 2.30. The van der Waals surface area contributed by atoms with E-state index in [1.807, 2.05) is 23.5 Å². The highest BCUT2D eigenvalue weighted by molar-refractivity contribution is 8.02. The topological polar surface area (TPSA) is 20.2 Å². The summed E-state index contributed by atoms with van der Waals surface area (Å²) in [6.45, 7) is 2.52. The summed E-state index contributed by atoms with van der Waals surface area (Å²) in [5, 5.41) is 8.44. The van der Waals surface area contributed by atoms with E-state index in [0.717, 1.165) is 5.75 Å². The summed E-state index contributed by atoms with van der Waals surface area (Å²) in [7, 11) is 0. The summed E-state index contributed by atoms with van der Waals surface area (Å²) in [6.07, 6.45) is 1.27. The van der Waals surface area contributed by atoms with Crippen LogP contribution in [-0.2, 0) is 0 Å². The quantitative estimate of drug-likeness (QED) is 0.604. The number of thioether (sulfide) groups is 2. The average Bonchev–Trinajstić information content (AvgIpc) is 1.97. The first kappa shape index (κ1) is 10.7. The third-order valence-electron chi connectivity index (χ3n) is 0.956. The lowest BCUT2D eigenvalue weighted by molar-refractivity contribution is 0.322. The van der Waals surface area contributed by atoms with Crippen molar-refractivity contribution >= 4 is 23.5 Å². The second kappa shape index (κ2) is 9.66. The largest absolute Gasteiger partial charge is 0.396 e. The number of hydrogen-bond acceptors (Lipinski definition) is 3. The highest BCUT2D eigenvalue weighted by Crippen LogP contribution is 2.06. The summed E-state index contributed by atoms with van der Waals surface area (Å²) < 4.78 is 0. The van der Waals surface area contributed by atoms with Crippen LogP contribution in [0.25, 0.3) is 0 Å². The molecule has 0 aliphatic carbocycles. The lowest BCUT2D eigenvalue weighted by Gasteiger charge is -1.97. The Labute approximate surface area is 72.0 Å². The maximum absolute atomic E-state index is 8.44. The van der Waals surface area contributed by atoms with Crippen LogP contribution in [0.3, 0.4) is 0 Å². The van der Waals surface area contributed by atoms with Crippen LogP contribution in [0.5, 0.6) is 0 Å². The van der Waals surface area contributed by atoms with Gasteiger partial charge in [0.15, 0.2) is 0 Å². The lowest BCUT2D eigenvalue weighted by atomic mass is 10.6. The van der Waals surface area contributed by atoms with Crippen LogP contribution in [0, 0.1) is 0 Å². The number of hydrogen-bond donors (Lipinski definition) is 1. The summed E-state index contributed by atoms with van der Waals surface area (Å²) >= 11 is 3.83. The molecule has 0 heterocycles. The van der Waals surface area contributed by atoms with E-state index in [2.05, 4.69) is 6.92 Å². The zero-order valence-corrected chi connectivity index (χ0v) is 8.14. The molecule has 0 aromatic carbocycles. The van der Waals surface area contributed by atoms with E-state index >= 15 is 0 Å². The zero-order valence-electron chi connectivity index (χ0n) is 6.51. The van der Waals surface area contributed by atoms with Crippen molar-refractivity contribution in [2.45, 2.75) is 13.3 Å². The van der Waals surface area contributed by atoms with Gasteiger partial charge < -0.3 is 5.11 Å². The molecule has 0 radical (unpaired) electrons. The molecule has 0 amide bonds. The van der Waals surface area contributed by atoms with E-state index in [0.29, 0.717) is 6.61 Å². The number of rotatable bonds is 7. The molecule has 0 bridgehead atoms. The van der Waals surface area contributed by atoms with E-state index < -0.39 is 0 Å². The van der Waals surface area contributed by atoms with Crippen LogP contribution < -0.4 is 0 Å². The molecule has 0 rings (SSSR count). The average molecular weight is 180 g/mol. The van der Waals surface area contributed by atoms with Gasteiger partial charge in [0.2, 0.25) is 0 Å². The molecular formula is C7H16OS2. The van der Waals surface area contributed by atoms with E-state index in [1.54, 1.807) is 0 Å². The molecule has 0 spiro atoms. The van der Waals surface area contributed by atoms with Gasteiger partial charge in [0.05, 0.1) is 6.61 Å². The Hall–Kier alpha value is 0.660. The van der Waals surface area contributed by atoms with Crippen LogP contribution in [0.15, 0.2) is 0 Å². The van der Waals surface area contributed by atoms with Gasteiger partial charge >= 0.3 is 0 Å². The van der Waals surface area contributed by atoms with Crippen molar-refractivity contribution in [1.29, 1.82) is 0 Å². The van der Waals surface area contributed by atoms with Crippen molar-refractivity contribution in [2.75, 3.05) is 29.6 Å². The van der Waals surface area contributed by atoms with Crippen molar-refractivity contribution < 1.29 is 5.11 Å². The lowest BCUT2D eigenvalue weighted by Crippen LogP contribution is -1.91. The summed E-state index contributed by atoms with van der Waals surface area (Å²) in [5.41, 5.74) is 0. The molecule has 0 saturated heterocycles. The summed E-state index contributed by atoms with van der Waals surface area (Å²) in [6, 6.07) is 0. The predicted molar refractivity (Wildman–Crippen MR) is 52.0 cm³/mol. The molecule has 0 atom stereocenters. The fraction of sp³-hybridized carbons (Fsp3) is 1.00. The molecule has 1 N–H and O–H groups in total. The first-order chi connectivity index (χ1) is 4.91. The van der Waals surface area contributed by atoms with Crippen LogP contribution in [-0.4, -0.2) is 34.7 Å². The predicted octanol–water partition coefficient (Wildman–Crippen LogP) is 1.86. The standard InChI is InChI=1S/C7H16OS2/c1-2-4-9-6-7-10-5-3-8/h8H,2-7H2,1H3. The maximum Gasteiger partial charge on any atom is 0.0521 e. The van der Waals surface area contributed by atoms with E-state index in [4.69, 9.17) is 5.11 Å². The third-order valence-corrected chi connectivity index (χ3v) is 3.37. The Kier molecular flexibility index (Phi) is 10.3. The summed E-state index contributed by atoms with van der Waals surface area (Å²) in [4.78, 5) is 0. The molecule has 0 aliphatic rings.